The molecule has 1 unspecified atom stereocenters. The molecular weight excluding hydrogens is 318 g/mol. The molecule has 0 aromatic heterocycles. The number of aliphatic imine (C=N–C) groups is 1. The molecular formula is C19H33N3O3. The van der Waals surface area contributed by atoms with Gasteiger partial charge in [-0.2, -0.15) is 0 Å². The van der Waals surface area contributed by atoms with E-state index in [0.717, 1.165) is 37.0 Å². The summed E-state index contributed by atoms with van der Waals surface area (Å²) in [6.45, 7) is 11.5. The number of nitrogens with zero attached hydrogens (tertiary/aromatic N) is 1. The second kappa shape index (κ2) is 12.4. The van der Waals surface area contributed by atoms with E-state index in [-0.39, 0.29) is 12.5 Å². The first kappa shape index (κ1) is 21.1. The van der Waals surface area contributed by atoms with Crippen LogP contribution in [-0.4, -0.2) is 50.5 Å². The van der Waals surface area contributed by atoms with Crippen molar-refractivity contribution in [1.82, 2.24) is 10.6 Å². The molecule has 0 fully saturated rings. The first-order chi connectivity index (χ1) is 12.1. The molecule has 1 aromatic rings. The summed E-state index contributed by atoms with van der Waals surface area (Å²) in [6, 6.07) is 6.06. The molecule has 1 aromatic carbocycles. The Hall–Kier alpha value is -1.95. The predicted molar refractivity (Wildman–Crippen MR) is 103 cm³/mol. The Morgan fingerprint density at radius 1 is 1.12 bits per heavy atom. The Morgan fingerprint density at radius 2 is 1.84 bits per heavy atom. The number of nitrogens with one attached hydrogen (secondary N) is 2. The van der Waals surface area contributed by atoms with E-state index in [1.165, 1.54) is 5.56 Å². The zero-order valence-corrected chi connectivity index (χ0v) is 16.0. The number of ether oxygens (including phenoxy) is 2. The van der Waals surface area contributed by atoms with Crippen LogP contribution in [0, 0.1) is 5.92 Å². The van der Waals surface area contributed by atoms with E-state index in [4.69, 9.17) is 14.6 Å². The quantitative estimate of drug-likeness (QED) is 0.421. The molecule has 0 bridgehead atoms. The third kappa shape index (κ3) is 8.12. The van der Waals surface area contributed by atoms with Gasteiger partial charge in [0.05, 0.1) is 13.2 Å². The highest BCUT2D eigenvalue weighted by Crippen LogP contribution is 2.28. The lowest BCUT2D eigenvalue weighted by atomic mass is 10.1. The van der Waals surface area contributed by atoms with Gasteiger partial charge in [0.2, 0.25) is 0 Å². The van der Waals surface area contributed by atoms with Crippen molar-refractivity contribution < 1.29 is 14.6 Å². The minimum atomic E-state index is 0.148. The fraction of sp³-hybridized carbons (Fsp3) is 0.632. The summed E-state index contributed by atoms with van der Waals surface area (Å²) < 4.78 is 11.3. The zero-order valence-electron chi connectivity index (χ0n) is 16.0. The lowest BCUT2D eigenvalue weighted by Crippen LogP contribution is -2.38. The van der Waals surface area contributed by atoms with Gasteiger partial charge in [-0.3, -0.25) is 4.99 Å². The largest absolute Gasteiger partial charge is 0.490 e. The van der Waals surface area contributed by atoms with Crippen LogP contribution in [0.2, 0.25) is 0 Å². The van der Waals surface area contributed by atoms with Crippen molar-refractivity contribution in [2.75, 3.05) is 39.5 Å². The Labute approximate surface area is 151 Å². The summed E-state index contributed by atoms with van der Waals surface area (Å²) >= 11 is 0. The molecule has 25 heavy (non-hydrogen) atoms. The zero-order chi connectivity index (χ0) is 18.5. The molecule has 0 heterocycles. The van der Waals surface area contributed by atoms with Crippen molar-refractivity contribution in [2.24, 2.45) is 10.9 Å². The lowest BCUT2D eigenvalue weighted by Gasteiger charge is -2.14. The molecule has 142 valence electrons. The van der Waals surface area contributed by atoms with Crippen LogP contribution in [0.4, 0.5) is 0 Å². The van der Waals surface area contributed by atoms with Crippen molar-refractivity contribution in [3.63, 3.8) is 0 Å². The molecule has 0 aliphatic heterocycles. The smallest absolute Gasteiger partial charge is 0.191 e. The number of benzene rings is 1. The molecule has 1 rings (SSSR count). The van der Waals surface area contributed by atoms with E-state index in [0.29, 0.717) is 19.8 Å². The summed E-state index contributed by atoms with van der Waals surface area (Å²) in [5.41, 5.74) is 1.18. The van der Waals surface area contributed by atoms with E-state index in [2.05, 4.69) is 21.7 Å². The summed E-state index contributed by atoms with van der Waals surface area (Å²) in [6.07, 6.45) is 0.854. The molecule has 0 saturated heterocycles. The van der Waals surface area contributed by atoms with Crippen LogP contribution in [0.15, 0.2) is 23.2 Å². The van der Waals surface area contributed by atoms with Crippen molar-refractivity contribution in [1.29, 1.82) is 0 Å². The maximum Gasteiger partial charge on any atom is 0.191 e. The Balaban J connectivity index is 2.61. The van der Waals surface area contributed by atoms with Crippen molar-refractivity contribution in [2.45, 2.75) is 34.1 Å². The molecule has 6 heteroatoms. The van der Waals surface area contributed by atoms with Crippen molar-refractivity contribution in [3.05, 3.63) is 23.8 Å². The summed E-state index contributed by atoms with van der Waals surface area (Å²) in [7, 11) is 0. The maximum atomic E-state index is 9.10. The highest BCUT2D eigenvalue weighted by atomic mass is 16.5. The number of guanidine groups is 1. The fourth-order valence-electron chi connectivity index (χ4n) is 2.22. The molecule has 3 N–H and O–H groups in total. The highest BCUT2D eigenvalue weighted by Gasteiger charge is 2.07. The molecule has 0 amide bonds. The second-order valence-corrected chi connectivity index (χ2v) is 5.83. The molecule has 0 spiro atoms. The van der Waals surface area contributed by atoms with Gasteiger partial charge in [-0.15, -0.1) is 0 Å². The molecule has 0 saturated carbocycles. The molecule has 0 radical (unpaired) electrons. The molecule has 0 aliphatic carbocycles. The molecule has 0 aliphatic rings. The van der Waals surface area contributed by atoms with Crippen LogP contribution in [0.25, 0.3) is 0 Å². The molecule has 1 atom stereocenters. The van der Waals surface area contributed by atoms with Crippen molar-refractivity contribution in [3.8, 4) is 11.5 Å². The predicted octanol–water partition coefficient (Wildman–Crippen LogP) is 2.21. The van der Waals surface area contributed by atoms with Gasteiger partial charge in [0.1, 0.15) is 0 Å². The van der Waals surface area contributed by atoms with Gasteiger partial charge in [0, 0.05) is 26.2 Å². The number of aliphatic hydroxyl groups is 1. The number of hydrogen-bond donors (Lipinski definition) is 3. The summed E-state index contributed by atoms with van der Waals surface area (Å²) in [5, 5.41) is 15.6. The van der Waals surface area contributed by atoms with Crippen LogP contribution in [0.3, 0.4) is 0 Å². The lowest BCUT2D eigenvalue weighted by molar-refractivity contribution is 0.241. The van der Waals surface area contributed by atoms with E-state index in [1.807, 2.05) is 39.8 Å². The van der Waals surface area contributed by atoms with Crippen molar-refractivity contribution >= 4 is 5.96 Å². The van der Waals surface area contributed by atoms with Crippen LogP contribution in [0.1, 0.15) is 33.3 Å². The average Bonchev–Trinajstić information content (AvgIpc) is 2.61. The van der Waals surface area contributed by atoms with E-state index >= 15 is 0 Å². The van der Waals surface area contributed by atoms with Gasteiger partial charge >= 0.3 is 0 Å². The third-order valence-corrected chi connectivity index (χ3v) is 3.53. The number of hydrogen-bond acceptors (Lipinski definition) is 4. The Kier molecular flexibility index (Phi) is 10.5. The fourth-order valence-corrected chi connectivity index (χ4v) is 2.22. The SMILES string of the molecule is CCNC(=NCC(C)CO)NCCc1ccc(OCC)c(OCC)c1. The van der Waals surface area contributed by atoms with E-state index in [1.54, 1.807) is 0 Å². The minimum Gasteiger partial charge on any atom is -0.490 e. The maximum absolute atomic E-state index is 9.10. The highest BCUT2D eigenvalue weighted by molar-refractivity contribution is 5.79. The first-order valence-electron chi connectivity index (χ1n) is 9.16. The normalized spacial score (nSPS) is 12.6. The van der Waals surface area contributed by atoms with Crippen LogP contribution in [0.5, 0.6) is 11.5 Å². The minimum absolute atomic E-state index is 0.148. The van der Waals surface area contributed by atoms with E-state index < -0.39 is 0 Å². The first-order valence-corrected chi connectivity index (χ1v) is 9.16. The third-order valence-electron chi connectivity index (χ3n) is 3.53. The van der Waals surface area contributed by atoms with Gasteiger partial charge in [-0.05, 0) is 50.8 Å². The van der Waals surface area contributed by atoms with Crippen LogP contribution >= 0.6 is 0 Å². The monoisotopic (exact) mass is 351 g/mol. The summed E-state index contributed by atoms with van der Waals surface area (Å²) in [4.78, 5) is 4.49. The van der Waals surface area contributed by atoms with Gasteiger partial charge in [0.15, 0.2) is 17.5 Å². The topological polar surface area (TPSA) is 75.1 Å². The van der Waals surface area contributed by atoms with Crippen LogP contribution < -0.4 is 20.1 Å². The standard InChI is InChI=1S/C19H33N3O3/c1-5-20-19(22-13-15(4)14-23)21-11-10-16-8-9-17(24-6-2)18(12-16)25-7-3/h8-9,12,15,23H,5-7,10-11,13-14H2,1-4H3,(H2,20,21,22). The van der Waals surface area contributed by atoms with Crippen LogP contribution in [-0.2, 0) is 6.42 Å². The van der Waals surface area contributed by atoms with Gasteiger partial charge in [0.25, 0.3) is 0 Å². The average molecular weight is 351 g/mol. The van der Waals surface area contributed by atoms with Gasteiger partial charge < -0.3 is 25.2 Å². The number of aliphatic hydroxyl groups excluding tert-OH is 1. The number of rotatable bonds is 11. The van der Waals surface area contributed by atoms with Gasteiger partial charge in [-0.1, -0.05) is 13.0 Å². The van der Waals surface area contributed by atoms with E-state index in [9.17, 15) is 0 Å². The summed E-state index contributed by atoms with van der Waals surface area (Å²) in [5.74, 6) is 2.52. The second-order valence-electron chi connectivity index (χ2n) is 5.83. The molecule has 6 nitrogen and oxygen atoms in total. The van der Waals surface area contributed by atoms with Gasteiger partial charge in [-0.25, -0.2) is 0 Å². The Morgan fingerprint density at radius 3 is 2.48 bits per heavy atom. The Bertz CT molecular complexity index is 521.